The molecule has 2 rings (SSSR count). The minimum absolute atomic E-state index is 0.0635. The average molecular weight is 300 g/mol. The highest BCUT2D eigenvalue weighted by atomic mass is 19.2. The Balaban J connectivity index is 1.83. The summed E-state index contributed by atoms with van der Waals surface area (Å²) in [6, 6.07) is 2.25. The van der Waals surface area contributed by atoms with E-state index in [9.17, 15) is 13.6 Å². The van der Waals surface area contributed by atoms with Gasteiger partial charge in [-0.15, -0.1) is 0 Å². The molecule has 0 unspecified atom stereocenters. The van der Waals surface area contributed by atoms with Crippen LogP contribution in [0.4, 0.5) is 14.5 Å². The van der Waals surface area contributed by atoms with Crippen LogP contribution in [-0.4, -0.2) is 43.4 Å². The van der Waals surface area contributed by atoms with E-state index in [1.807, 2.05) is 0 Å². The molecule has 0 amide bonds. The van der Waals surface area contributed by atoms with Gasteiger partial charge in [0.05, 0.1) is 24.0 Å². The van der Waals surface area contributed by atoms with Gasteiger partial charge in [-0.25, -0.2) is 13.6 Å². The van der Waals surface area contributed by atoms with Crippen molar-refractivity contribution in [2.45, 2.75) is 18.9 Å². The topological polar surface area (TPSA) is 70.6 Å². The Kier molecular flexibility index (Phi) is 5.46. The van der Waals surface area contributed by atoms with Crippen LogP contribution >= 0.6 is 0 Å². The fourth-order valence-corrected chi connectivity index (χ4v) is 2.22. The molecule has 0 radical (unpaired) electrons. The van der Waals surface area contributed by atoms with Crippen LogP contribution in [0.3, 0.4) is 0 Å². The maximum atomic E-state index is 13.7. The highest BCUT2D eigenvalue weighted by Crippen LogP contribution is 2.20. The lowest BCUT2D eigenvalue weighted by atomic mass is 10.1. The average Bonchev–Trinajstić information content (AvgIpc) is 2.48. The Morgan fingerprint density at radius 3 is 2.71 bits per heavy atom. The molecular formula is C14H18F2N2O3. The minimum Gasteiger partial charge on any atom is -0.478 e. The van der Waals surface area contributed by atoms with Gasteiger partial charge in [-0.3, -0.25) is 0 Å². The van der Waals surface area contributed by atoms with Gasteiger partial charge in [0.15, 0.2) is 11.6 Å². The van der Waals surface area contributed by atoms with Crippen molar-refractivity contribution < 1.29 is 23.4 Å². The molecule has 0 aromatic heterocycles. The quantitative estimate of drug-likeness (QED) is 0.699. The van der Waals surface area contributed by atoms with Crippen LogP contribution in [0.2, 0.25) is 0 Å². The second kappa shape index (κ2) is 7.33. The molecule has 1 saturated heterocycles. The lowest BCUT2D eigenvalue weighted by Crippen LogP contribution is -2.33. The normalized spacial score (nSPS) is 15.9. The molecule has 0 bridgehead atoms. The van der Waals surface area contributed by atoms with Crippen molar-refractivity contribution in [1.82, 2.24) is 5.32 Å². The summed E-state index contributed by atoms with van der Waals surface area (Å²) in [5.74, 6) is -4.03. The molecular weight excluding hydrogens is 282 g/mol. The molecule has 1 aliphatic rings. The third-order valence-electron chi connectivity index (χ3n) is 3.37. The van der Waals surface area contributed by atoms with Gasteiger partial charge in [0.1, 0.15) is 0 Å². The van der Waals surface area contributed by atoms with Crippen LogP contribution in [0.5, 0.6) is 0 Å². The van der Waals surface area contributed by atoms with Crippen molar-refractivity contribution in [1.29, 1.82) is 0 Å². The number of halogens is 2. The molecule has 1 aliphatic heterocycles. The number of hydrogen-bond donors (Lipinski definition) is 3. The number of hydrogen-bond acceptors (Lipinski definition) is 4. The number of carboxylic acid groups (broad SMARTS) is 1. The standard InChI is InChI=1S/C14H18F2N2O3/c15-12-10(14(19)20)1-2-11(13(12)16)18-7-8-21-9-3-5-17-6-4-9/h1-2,9,17-18H,3-8H2,(H,19,20). The molecule has 5 nitrogen and oxygen atoms in total. The molecule has 0 spiro atoms. The number of rotatable bonds is 6. The lowest BCUT2D eigenvalue weighted by Gasteiger charge is -2.23. The van der Waals surface area contributed by atoms with Crippen LogP contribution in [0.1, 0.15) is 23.2 Å². The van der Waals surface area contributed by atoms with Gasteiger partial charge in [-0.2, -0.15) is 0 Å². The van der Waals surface area contributed by atoms with Crippen LogP contribution in [-0.2, 0) is 4.74 Å². The Hall–Kier alpha value is -1.73. The fraction of sp³-hybridized carbons (Fsp3) is 0.500. The first-order chi connectivity index (χ1) is 10.1. The second-order valence-corrected chi connectivity index (χ2v) is 4.84. The summed E-state index contributed by atoms with van der Waals surface area (Å²) >= 11 is 0. The van der Waals surface area contributed by atoms with E-state index in [0.29, 0.717) is 13.2 Å². The molecule has 0 atom stereocenters. The number of ether oxygens (including phenoxy) is 1. The molecule has 0 aliphatic carbocycles. The minimum atomic E-state index is -1.49. The molecule has 3 N–H and O–H groups in total. The lowest BCUT2D eigenvalue weighted by molar-refractivity contribution is 0.0394. The molecule has 21 heavy (non-hydrogen) atoms. The summed E-state index contributed by atoms with van der Waals surface area (Å²) in [5.41, 5.74) is -0.740. The SMILES string of the molecule is O=C(O)c1ccc(NCCOC2CCNCC2)c(F)c1F. The summed E-state index contributed by atoms with van der Waals surface area (Å²) in [5, 5.41) is 14.6. The van der Waals surface area contributed by atoms with Gasteiger partial charge in [-0.05, 0) is 38.1 Å². The third kappa shape index (κ3) is 4.12. The van der Waals surface area contributed by atoms with Crippen LogP contribution < -0.4 is 10.6 Å². The van der Waals surface area contributed by atoms with E-state index < -0.39 is 23.2 Å². The Morgan fingerprint density at radius 2 is 2.05 bits per heavy atom. The van der Waals surface area contributed by atoms with E-state index in [2.05, 4.69) is 10.6 Å². The van der Waals surface area contributed by atoms with E-state index >= 15 is 0 Å². The first-order valence-electron chi connectivity index (χ1n) is 6.87. The van der Waals surface area contributed by atoms with E-state index in [4.69, 9.17) is 9.84 Å². The van der Waals surface area contributed by atoms with Crippen LogP contribution in [0, 0.1) is 11.6 Å². The van der Waals surface area contributed by atoms with Crippen molar-refractivity contribution in [3.8, 4) is 0 Å². The number of benzene rings is 1. The van der Waals surface area contributed by atoms with Crippen LogP contribution in [0.25, 0.3) is 0 Å². The van der Waals surface area contributed by atoms with Crippen molar-refractivity contribution in [3.05, 3.63) is 29.3 Å². The zero-order valence-electron chi connectivity index (χ0n) is 11.5. The summed E-state index contributed by atoms with van der Waals surface area (Å²) in [6.07, 6.45) is 2.08. The predicted molar refractivity (Wildman–Crippen MR) is 73.7 cm³/mol. The summed E-state index contributed by atoms with van der Waals surface area (Å²) in [4.78, 5) is 10.7. The van der Waals surface area contributed by atoms with Gasteiger partial charge in [0.2, 0.25) is 0 Å². The second-order valence-electron chi connectivity index (χ2n) is 4.84. The monoisotopic (exact) mass is 300 g/mol. The van der Waals surface area contributed by atoms with Crippen molar-refractivity contribution in [2.24, 2.45) is 0 Å². The van der Waals surface area contributed by atoms with E-state index in [1.165, 1.54) is 6.07 Å². The van der Waals surface area contributed by atoms with E-state index in [1.54, 1.807) is 0 Å². The van der Waals surface area contributed by atoms with Crippen molar-refractivity contribution in [3.63, 3.8) is 0 Å². The van der Waals surface area contributed by atoms with Crippen LogP contribution in [0.15, 0.2) is 12.1 Å². The Labute approximate surface area is 121 Å². The smallest absolute Gasteiger partial charge is 0.338 e. The molecule has 0 saturated carbocycles. The van der Waals surface area contributed by atoms with Gasteiger partial charge < -0.3 is 20.5 Å². The number of anilines is 1. The first-order valence-corrected chi connectivity index (χ1v) is 6.87. The highest BCUT2D eigenvalue weighted by Gasteiger charge is 2.18. The highest BCUT2D eigenvalue weighted by molar-refractivity contribution is 5.88. The molecule has 1 aromatic carbocycles. The van der Waals surface area contributed by atoms with Gasteiger partial charge in [0, 0.05) is 6.54 Å². The first kappa shape index (κ1) is 15.7. The van der Waals surface area contributed by atoms with Gasteiger partial charge in [0.25, 0.3) is 0 Å². The largest absolute Gasteiger partial charge is 0.478 e. The molecule has 7 heteroatoms. The third-order valence-corrected chi connectivity index (χ3v) is 3.37. The maximum Gasteiger partial charge on any atom is 0.338 e. The molecule has 1 heterocycles. The fourth-order valence-electron chi connectivity index (χ4n) is 2.22. The van der Waals surface area contributed by atoms with E-state index in [0.717, 1.165) is 32.0 Å². The van der Waals surface area contributed by atoms with Crippen molar-refractivity contribution in [2.75, 3.05) is 31.6 Å². The summed E-state index contributed by atoms with van der Waals surface area (Å²) in [6.45, 7) is 2.56. The van der Waals surface area contributed by atoms with Gasteiger partial charge in [-0.1, -0.05) is 0 Å². The van der Waals surface area contributed by atoms with E-state index in [-0.39, 0.29) is 11.8 Å². The Bertz CT molecular complexity index is 505. The molecule has 1 fully saturated rings. The maximum absolute atomic E-state index is 13.7. The predicted octanol–water partition coefficient (Wildman–Crippen LogP) is 1.84. The number of carboxylic acids is 1. The Morgan fingerprint density at radius 1 is 1.33 bits per heavy atom. The summed E-state index contributed by atoms with van der Waals surface area (Å²) in [7, 11) is 0. The number of nitrogens with one attached hydrogen (secondary N) is 2. The number of carbonyl (C=O) groups is 1. The molecule has 116 valence electrons. The number of piperidine rings is 1. The van der Waals surface area contributed by atoms with Gasteiger partial charge >= 0.3 is 5.97 Å². The number of aromatic carboxylic acids is 1. The molecule has 1 aromatic rings. The summed E-state index contributed by atoms with van der Waals surface area (Å²) < 4.78 is 32.8. The van der Waals surface area contributed by atoms with Crippen molar-refractivity contribution >= 4 is 11.7 Å². The zero-order valence-corrected chi connectivity index (χ0v) is 11.5. The zero-order chi connectivity index (χ0) is 15.2.